The number of anilines is 1. The number of aliphatic hydroxyl groups excluding tert-OH is 1. The minimum absolute atomic E-state index is 0.0536. The molecule has 0 aliphatic carbocycles. The number of piperidine rings is 1. The fraction of sp³-hybridized carbons (Fsp3) is 0.611. The average molecular weight is 376 g/mol. The molecule has 9 heteroatoms. The third kappa shape index (κ3) is 3.57. The van der Waals surface area contributed by atoms with Crippen LogP contribution in [0.2, 0.25) is 0 Å². The molecule has 0 bridgehead atoms. The van der Waals surface area contributed by atoms with E-state index in [0.29, 0.717) is 30.2 Å². The molecule has 3 heterocycles. The first-order valence-electron chi connectivity index (χ1n) is 9.30. The molecule has 2 aromatic heterocycles. The van der Waals surface area contributed by atoms with E-state index >= 15 is 0 Å². The Morgan fingerprint density at radius 1 is 1.33 bits per heavy atom. The van der Waals surface area contributed by atoms with E-state index in [2.05, 4.69) is 9.88 Å². The van der Waals surface area contributed by atoms with E-state index in [1.807, 2.05) is 24.5 Å². The molecule has 1 saturated heterocycles. The summed E-state index contributed by atoms with van der Waals surface area (Å²) in [6.07, 6.45) is 3.94. The molecule has 3 rings (SSSR count). The summed E-state index contributed by atoms with van der Waals surface area (Å²) in [6.45, 7) is 5.80. The van der Waals surface area contributed by atoms with Gasteiger partial charge in [-0.15, -0.1) is 0 Å². The molecule has 0 saturated carbocycles. The smallest absolute Gasteiger partial charge is 0.332 e. The Hall–Kier alpha value is -2.39. The molecule has 0 spiro atoms. The quantitative estimate of drug-likeness (QED) is 0.698. The Labute approximate surface area is 157 Å². The Morgan fingerprint density at radius 3 is 2.70 bits per heavy atom. The highest BCUT2D eigenvalue weighted by Crippen LogP contribution is 2.23. The van der Waals surface area contributed by atoms with Gasteiger partial charge in [-0.05, 0) is 26.7 Å². The van der Waals surface area contributed by atoms with Gasteiger partial charge in [0.25, 0.3) is 5.56 Å². The number of hydrogen-bond donors (Lipinski definition) is 2. The number of aliphatic hydroxyl groups is 1. The number of nitrogens with zero attached hydrogens (tertiary/aromatic N) is 5. The number of aromatic nitrogens is 4. The number of rotatable bonds is 5. The fourth-order valence-corrected chi connectivity index (χ4v) is 3.53. The summed E-state index contributed by atoms with van der Waals surface area (Å²) in [5.74, 6) is 0.645. The topological polar surface area (TPSA) is 111 Å². The molecule has 1 aliphatic heterocycles. The van der Waals surface area contributed by atoms with Crippen LogP contribution in [-0.2, 0) is 20.1 Å². The molecule has 148 valence electrons. The molecule has 27 heavy (non-hydrogen) atoms. The van der Waals surface area contributed by atoms with Crippen molar-refractivity contribution in [2.45, 2.75) is 45.8 Å². The van der Waals surface area contributed by atoms with Gasteiger partial charge < -0.3 is 20.3 Å². The highest BCUT2D eigenvalue weighted by atomic mass is 16.3. The molecular weight excluding hydrogens is 348 g/mol. The molecule has 1 fully saturated rings. The lowest BCUT2D eigenvalue weighted by molar-refractivity contribution is 0.274. The molecular formula is C18H28N6O3. The van der Waals surface area contributed by atoms with Gasteiger partial charge in [-0.3, -0.25) is 13.9 Å². The van der Waals surface area contributed by atoms with Crippen LogP contribution >= 0.6 is 0 Å². The number of nitrogens with two attached hydrogens (primary N) is 1. The normalized spacial score (nSPS) is 17.5. The van der Waals surface area contributed by atoms with Crippen molar-refractivity contribution >= 4 is 17.1 Å². The van der Waals surface area contributed by atoms with E-state index in [1.165, 1.54) is 11.6 Å². The van der Waals surface area contributed by atoms with E-state index < -0.39 is 5.69 Å². The van der Waals surface area contributed by atoms with Gasteiger partial charge in [0.2, 0.25) is 5.95 Å². The molecule has 0 radical (unpaired) electrons. The Balaban J connectivity index is 2.30. The van der Waals surface area contributed by atoms with Crippen LogP contribution in [0.3, 0.4) is 0 Å². The fourth-order valence-electron chi connectivity index (χ4n) is 3.53. The van der Waals surface area contributed by atoms with Crippen molar-refractivity contribution in [2.75, 3.05) is 24.6 Å². The largest absolute Gasteiger partial charge is 0.395 e. The highest BCUT2D eigenvalue weighted by molar-refractivity contribution is 5.75. The lowest BCUT2D eigenvalue weighted by Gasteiger charge is -2.31. The van der Waals surface area contributed by atoms with E-state index in [4.69, 9.17) is 5.73 Å². The summed E-state index contributed by atoms with van der Waals surface area (Å²) < 4.78 is 4.30. The van der Waals surface area contributed by atoms with Gasteiger partial charge >= 0.3 is 5.69 Å². The summed E-state index contributed by atoms with van der Waals surface area (Å²) >= 11 is 0. The van der Waals surface area contributed by atoms with Gasteiger partial charge in [0, 0.05) is 32.7 Å². The summed E-state index contributed by atoms with van der Waals surface area (Å²) in [5.41, 5.74) is 7.09. The average Bonchev–Trinajstić information content (AvgIpc) is 3.01. The molecule has 9 nitrogen and oxygen atoms in total. The van der Waals surface area contributed by atoms with Crippen LogP contribution in [0, 0.1) is 0 Å². The van der Waals surface area contributed by atoms with E-state index in [1.54, 1.807) is 0 Å². The SMILES string of the molecule is CC(C)=CCn1c(N2CCCC(N)C2)nc2c1c(=O)n(C)c(=O)n2CCO. The highest BCUT2D eigenvalue weighted by Gasteiger charge is 2.26. The first-order chi connectivity index (χ1) is 12.8. The van der Waals surface area contributed by atoms with Crippen LogP contribution in [0.25, 0.3) is 11.2 Å². The van der Waals surface area contributed by atoms with E-state index in [-0.39, 0.29) is 24.8 Å². The summed E-state index contributed by atoms with van der Waals surface area (Å²) in [7, 11) is 1.45. The lowest BCUT2D eigenvalue weighted by Crippen LogP contribution is -2.44. The first-order valence-corrected chi connectivity index (χ1v) is 9.30. The van der Waals surface area contributed by atoms with Crippen molar-refractivity contribution in [3.05, 3.63) is 32.5 Å². The second-order valence-corrected chi connectivity index (χ2v) is 7.35. The zero-order valence-electron chi connectivity index (χ0n) is 16.2. The monoisotopic (exact) mass is 376 g/mol. The minimum atomic E-state index is -0.477. The maximum Gasteiger partial charge on any atom is 0.332 e. The van der Waals surface area contributed by atoms with Crippen LogP contribution in [0.5, 0.6) is 0 Å². The molecule has 0 amide bonds. The molecule has 1 unspecified atom stereocenters. The van der Waals surface area contributed by atoms with Gasteiger partial charge in [0.05, 0.1) is 13.2 Å². The lowest BCUT2D eigenvalue weighted by atomic mass is 10.1. The summed E-state index contributed by atoms with van der Waals surface area (Å²) in [6, 6.07) is 0.0536. The van der Waals surface area contributed by atoms with Crippen LogP contribution < -0.4 is 21.9 Å². The van der Waals surface area contributed by atoms with E-state index in [9.17, 15) is 14.7 Å². The van der Waals surface area contributed by atoms with Crippen molar-refractivity contribution in [3.63, 3.8) is 0 Å². The maximum absolute atomic E-state index is 12.9. The molecule has 3 N–H and O–H groups in total. The van der Waals surface area contributed by atoms with Crippen LogP contribution in [0.4, 0.5) is 5.95 Å². The van der Waals surface area contributed by atoms with Crippen LogP contribution in [0.1, 0.15) is 26.7 Å². The number of allylic oxidation sites excluding steroid dienone is 2. The second kappa shape index (κ2) is 7.69. The Bertz CT molecular complexity index is 980. The van der Waals surface area contributed by atoms with Gasteiger partial charge in [-0.2, -0.15) is 4.98 Å². The van der Waals surface area contributed by atoms with Gasteiger partial charge in [0.1, 0.15) is 0 Å². The maximum atomic E-state index is 12.9. The van der Waals surface area contributed by atoms with Crippen molar-refractivity contribution in [3.8, 4) is 0 Å². The zero-order chi connectivity index (χ0) is 19.7. The standard InChI is InChI=1S/C18H28N6O3/c1-12(2)6-8-23-14-15(20-17(23)22-7-4-5-13(19)11-22)24(9-10-25)18(27)21(3)16(14)26/h6,13,25H,4-5,7-11,19H2,1-3H3. The van der Waals surface area contributed by atoms with Crippen molar-refractivity contribution < 1.29 is 5.11 Å². The van der Waals surface area contributed by atoms with Crippen molar-refractivity contribution in [2.24, 2.45) is 12.8 Å². The summed E-state index contributed by atoms with van der Waals surface area (Å²) in [5, 5.41) is 9.38. The first kappa shape index (κ1) is 19.4. The molecule has 0 aromatic carbocycles. The van der Waals surface area contributed by atoms with Gasteiger partial charge in [-0.1, -0.05) is 11.6 Å². The minimum Gasteiger partial charge on any atom is -0.395 e. The van der Waals surface area contributed by atoms with Gasteiger partial charge in [0.15, 0.2) is 11.2 Å². The number of hydrogen-bond acceptors (Lipinski definition) is 6. The molecule has 2 aromatic rings. The zero-order valence-corrected chi connectivity index (χ0v) is 16.2. The van der Waals surface area contributed by atoms with Crippen LogP contribution in [0.15, 0.2) is 21.2 Å². The van der Waals surface area contributed by atoms with Crippen molar-refractivity contribution in [1.29, 1.82) is 0 Å². The third-order valence-electron chi connectivity index (χ3n) is 4.96. The van der Waals surface area contributed by atoms with Crippen molar-refractivity contribution in [1.82, 2.24) is 18.7 Å². The predicted octanol–water partition coefficient (Wildman–Crippen LogP) is -0.217. The third-order valence-corrected chi connectivity index (χ3v) is 4.96. The second-order valence-electron chi connectivity index (χ2n) is 7.35. The predicted molar refractivity (Wildman–Crippen MR) is 105 cm³/mol. The van der Waals surface area contributed by atoms with Gasteiger partial charge in [-0.25, -0.2) is 4.79 Å². The number of fused-ring (bicyclic) bond motifs is 1. The molecule has 1 atom stereocenters. The number of imidazole rings is 1. The van der Waals surface area contributed by atoms with Crippen LogP contribution in [-0.4, -0.2) is 49.5 Å². The molecule has 1 aliphatic rings. The van der Waals surface area contributed by atoms with E-state index in [0.717, 1.165) is 29.5 Å². The Kier molecular flexibility index (Phi) is 5.52. The summed E-state index contributed by atoms with van der Waals surface area (Å²) in [4.78, 5) is 32.2. The Morgan fingerprint density at radius 2 is 2.07 bits per heavy atom.